The molecule has 0 spiro atoms. The molecule has 3 amide bonds. The van der Waals surface area contributed by atoms with Crippen LogP contribution in [0.5, 0.6) is 0 Å². The maximum absolute atomic E-state index is 12.6. The van der Waals surface area contributed by atoms with Gasteiger partial charge in [0.15, 0.2) is 0 Å². The Morgan fingerprint density at radius 2 is 2.08 bits per heavy atom. The molecule has 0 bridgehead atoms. The molecule has 6 heteroatoms. The monoisotopic (exact) mass is 331 g/mol. The second kappa shape index (κ2) is 7.66. The van der Waals surface area contributed by atoms with E-state index < -0.39 is 0 Å². The first kappa shape index (κ1) is 16.8. The largest absolute Gasteiger partial charge is 0.376 e. The molecule has 0 aromatic heterocycles. The number of anilines is 1. The molecular weight excluding hydrogens is 306 g/mol. The Labute approximate surface area is 142 Å². The SMILES string of the molecule is CN(C(=O)C1CCN(C(=O)NCC2CCCO2)C1)c1ccccc1. The number of hydrogen-bond donors (Lipinski definition) is 1. The number of nitrogens with one attached hydrogen (secondary N) is 1. The molecule has 1 aromatic carbocycles. The lowest BCUT2D eigenvalue weighted by Gasteiger charge is -2.22. The summed E-state index contributed by atoms with van der Waals surface area (Å²) in [5.74, 6) is -0.0701. The number of hydrogen-bond acceptors (Lipinski definition) is 3. The molecule has 2 atom stereocenters. The van der Waals surface area contributed by atoms with Crippen LogP contribution in [0.15, 0.2) is 30.3 Å². The lowest BCUT2D eigenvalue weighted by molar-refractivity contribution is -0.121. The van der Waals surface area contributed by atoms with E-state index in [9.17, 15) is 9.59 Å². The van der Waals surface area contributed by atoms with Crippen LogP contribution in [0, 0.1) is 5.92 Å². The number of urea groups is 1. The molecule has 2 aliphatic rings. The molecule has 24 heavy (non-hydrogen) atoms. The average molecular weight is 331 g/mol. The summed E-state index contributed by atoms with van der Waals surface area (Å²) in [7, 11) is 1.79. The van der Waals surface area contributed by atoms with E-state index in [0.29, 0.717) is 26.1 Å². The molecule has 6 nitrogen and oxygen atoms in total. The predicted molar refractivity (Wildman–Crippen MR) is 91.9 cm³/mol. The minimum absolute atomic E-state index is 0.0654. The average Bonchev–Trinajstić information content (AvgIpc) is 3.31. The van der Waals surface area contributed by atoms with Crippen molar-refractivity contribution in [3.05, 3.63) is 30.3 Å². The van der Waals surface area contributed by atoms with E-state index in [-0.39, 0.29) is 24.0 Å². The predicted octanol–water partition coefficient (Wildman–Crippen LogP) is 1.86. The molecule has 1 N–H and O–H groups in total. The normalized spacial score (nSPS) is 23.3. The number of amides is 3. The quantitative estimate of drug-likeness (QED) is 0.916. The number of carbonyl (C=O) groups is 2. The molecule has 0 aliphatic carbocycles. The third-order valence-electron chi connectivity index (χ3n) is 4.80. The van der Waals surface area contributed by atoms with Gasteiger partial charge in [0.25, 0.3) is 0 Å². The Morgan fingerprint density at radius 1 is 1.29 bits per heavy atom. The zero-order chi connectivity index (χ0) is 16.9. The van der Waals surface area contributed by atoms with Gasteiger partial charge in [-0.25, -0.2) is 4.79 Å². The van der Waals surface area contributed by atoms with Gasteiger partial charge >= 0.3 is 6.03 Å². The zero-order valence-corrected chi connectivity index (χ0v) is 14.1. The van der Waals surface area contributed by atoms with Gasteiger partial charge in [0.2, 0.25) is 5.91 Å². The van der Waals surface area contributed by atoms with Crippen LogP contribution in [0.1, 0.15) is 19.3 Å². The fourth-order valence-corrected chi connectivity index (χ4v) is 3.32. The van der Waals surface area contributed by atoms with Crippen molar-refractivity contribution in [2.75, 3.05) is 38.2 Å². The number of benzene rings is 1. The van der Waals surface area contributed by atoms with Crippen molar-refractivity contribution >= 4 is 17.6 Å². The summed E-state index contributed by atoms with van der Waals surface area (Å²) in [6.07, 6.45) is 2.91. The van der Waals surface area contributed by atoms with Crippen LogP contribution >= 0.6 is 0 Å². The number of para-hydroxylation sites is 1. The van der Waals surface area contributed by atoms with Crippen molar-refractivity contribution in [1.29, 1.82) is 0 Å². The lowest BCUT2D eigenvalue weighted by Crippen LogP contribution is -2.42. The van der Waals surface area contributed by atoms with Gasteiger partial charge in [0.1, 0.15) is 0 Å². The molecule has 2 heterocycles. The molecule has 2 aliphatic heterocycles. The van der Waals surface area contributed by atoms with Crippen molar-refractivity contribution in [2.24, 2.45) is 5.92 Å². The first-order valence-corrected chi connectivity index (χ1v) is 8.62. The number of carbonyl (C=O) groups excluding carboxylic acids is 2. The Balaban J connectivity index is 1.49. The highest BCUT2D eigenvalue weighted by molar-refractivity contribution is 5.95. The number of nitrogens with zero attached hydrogens (tertiary/aromatic N) is 2. The fraction of sp³-hybridized carbons (Fsp3) is 0.556. The van der Waals surface area contributed by atoms with E-state index >= 15 is 0 Å². The van der Waals surface area contributed by atoms with Crippen molar-refractivity contribution in [3.8, 4) is 0 Å². The molecule has 0 radical (unpaired) electrons. The summed E-state index contributed by atoms with van der Waals surface area (Å²) in [6, 6.07) is 9.50. The van der Waals surface area contributed by atoms with Crippen LogP contribution in [0.2, 0.25) is 0 Å². The standard InChI is InChI=1S/C18H25N3O3/c1-20(15-6-3-2-4-7-15)17(22)14-9-10-21(13-14)18(23)19-12-16-8-5-11-24-16/h2-4,6-7,14,16H,5,8-13H2,1H3,(H,19,23). The van der Waals surface area contributed by atoms with E-state index in [1.165, 1.54) is 0 Å². The van der Waals surface area contributed by atoms with Gasteiger partial charge in [0.05, 0.1) is 12.0 Å². The molecule has 2 fully saturated rings. The third kappa shape index (κ3) is 3.87. The highest BCUT2D eigenvalue weighted by atomic mass is 16.5. The van der Waals surface area contributed by atoms with E-state index in [1.807, 2.05) is 30.3 Å². The molecule has 3 rings (SSSR count). The van der Waals surface area contributed by atoms with E-state index in [0.717, 1.165) is 25.1 Å². The van der Waals surface area contributed by atoms with Gasteiger partial charge in [0, 0.05) is 39.0 Å². The van der Waals surface area contributed by atoms with Gasteiger partial charge in [-0.3, -0.25) is 4.79 Å². The fourth-order valence-electron chi connectivity index (χ4n) is 3.32. The summed E-state index contributed by atoms with van der Waals surface area (Å²) in [5, 5.41) is 2.92. The van der Waals surface area contributed by atoms with Crippen molar-refractivity contribution in [1.82, 2.24) is 10.2 Å². The highest BCUT2D eigenvalue weighted by Gasteiger charge is 2.33. The Morgan fingerprint density at radius 3 is 2.79 bits per heavy atom. The van der Waals surface area contributed by atoms with E-state index in [4.69, 9.17) is 4.74 Å². The first-order valence-electron chi connectivity index (χ1n) is 8.62. The van der Waals surface area contributed by atoms with Gasteiger partial charge in [-0.1, -0.05) is 18.2 Å². The second-order valence-corrected chi connectivity index (χ2v) is 6.49. The van der Waals surface area contributed by atoms with Crippen molar-refractivity contribution < 1.29 is 14.3 Å². The van der Waals surface area contributed by atoms with Crippen molar-refractivity contribution in [2.45, 2.75) is 25.4 Å². The maximum Gasteiger partial charge on any atom is 0.317 e. The van der Waals surface area contributed by atoms with Crippen molar-refractivity contribution in [3.63, 3.8) is 0 Å². The molecule has 1 aromatic rings. The molecule has 2 unspecified atom stereocenters. The summed E-state index contributed by atoms with van der Waals surface area (Å²) in [6.45, 7) is 2.44. The third-order valence-corrected chi connectivity index (χ3v) is 4.80. The summed E-state index contributed by atoms with van der Waals surface area (Å²) in [4.78, 5) is 28.3. The maximum atomic E-state index is 12.6. The first-order chi connectivity index (χ1) is 11.6. The highest BCUT2D eigenvalue weighted by Crippen LogP contribution is 2.22. The number of ether oxygens (including phenoxy) is 1. The van der Waals surface area contributed by atoms with Crippen LogP contribution in [0.4, 0.5) is 10.5 Å². The minimum Gasteiger partial charge on any atom is -0.376 e. The Bertz CT molecular complexity index is 572. The lowest BCUT2D eigenvalue weighted by atomic mass is 10.1. The molecule has 0 saturated carbocycles. The van der Waals surface area contributed by atoms with E-state index in [1.54, 1.807) is 16.8 Å². The van der Waals surface area contributed by atoms with Crippen LogP contribution in [-0.2, 0) is 9.53 Å². The smallest absolute Gasteiger partial charge is 0.317 e. The number of likely N-dealkylation sites (tertiary alicyclic amines) is 1. The van der Waals surface area contributed by atoms with Crippen LogP contribution < -0.4 is 10.2 Å². The molecule has 130 valence electrons. The summed E-state index contributed by atoms with van der Waals surface area (Å²) < 4.78 is 5.51. The Hall–Kier alpha value is -2.08. The van der Waals surface area contributed by atoms with Crippen LogP contribution in [0.3, 0.4) is 0 Å². The zero-order valence-electron chi connectivity index (χ0n) is 14.1. The van der Waals surface area contributed by atoms with Crippen LogP contribution in [-0.4, -0.2) is 56.2 Å². The van der Waals surface area contributed by atoms with Gasteiger partial charge < -0.3 is 19.9 Å². The summed E-state index contributed by atoms with van der Waals surface area (Å²) >= 11 is 0. The Kier molecular flexibility index (Phi) is 5.35. The topological polar surface area (TPSA) is 61.9 Å². The molecular formula is C18H25N3O3. The van der Waals surface area contributed by atoms with Gasteiger partial charge in [-0.15, -0.1) is 0 Å². The second-order valence-electron chi connectivity index (χ2n) is 6.49. The number of rotatable bonds is 4. The molecule has 2 saturated heterocycles. The van der Waals surface area contributed by atoms with Crippen LogP contribution in [0.25, 0.3) is 0 Å². The van der Waals surface area contributed by atoms with E-state index in [2.05, 4.69) is 5.32 Å². The van der Waals surface area contributed by atoms with Gasteiger partial charge in [-0.2, -0.15) is 0 Å². The van der Waals surface area contributed by atoms with Gasteiger partial charge in [-0.05, 0) is 31.4 Å². The summed E-state index contributed by atoms with van der Waals surface area (Å²) in [5.41, 5.74) is 0.879. The minimum atomic E-state index is -0.135.